The fourth-order valence-electron chi connectivity index (χ4n) is 1.15. The van der Waals surface area contributed by atoms with Gasteiger partial charge in [0.2, 0.25) is 0 Å². The Bertz CT molecular complexity index is 134. The van der Waals surface area contributed by atoms with Gasteiger partial charge in [0, 0.05) is 19.5 Å². The van der Waals surface area contributed by atoms with Crippen molar-refractivity contribution in [2.24, 2.45) is 0 Å². The average Bonchev–Trinajstić information content (AvgIpc) is 2.12. The first kappa shape index (κ1) is 7.66. The van der Waals surface area contributed by atoms with E-state index in [9.17, 15) is 8.78 Å². The Morgan fingerprint density at radius 2 is 2.30 bits per heavy atom. The van der Waals surface area contributed by atoms with Crippen molar-refractivity contribution in [2.75, 3.05) is 19.6 Å². The highest BCUT2D eigenvalue weighted by Gasteiger charge is 2.37. The standard InChI is InChI=1S/C7H11F2N/c1-2-4-10-5-3-7(8,9)6-10/h2H,1,3-6H2. The SMILES string of the molecule is C=CCN1CCC(F)(F)C1. The Hall–Kier alpha value is -0.440. The molecule has 1 aliphatic heterocycles. The van der Waals surface area contributed by atoms with Crippen molar-refractivity contribution in [1.29, 1.82) is 0 Å². The minimum atomic E-state index is -2.46. The summed E-state index contributed by atoms with van der Waals surface area (Å²) in [7, 11) is 0. The summed E-state index contributed by atoms with van der Waals surface area (Å²) in [5.74, 6) is -2.46. The Balaban J connectivity index is 2.35. The van der Waals surface area contributed by atoms with Crippen LogP contribution in [0.5, 0.6) is 0 Å². The van der Waals surface area contributed by atoms with Crippen molar-refractivity contribution in [3.8, 4) is 0 Å². The second-order valence-electron chi connectivity index (χ2n) is 2.63. The first-order valence-corrected chi connectivity index (χ1v) is 3.35. The second-order valence-corrected chi connectivity index (χ2v) is 2.63. The molecule has 10 heavy (non-hydrogen) atoms. The molecule has 1 heterocycles. The lowest BCUT2D eigenvalue weighted by Crippen LogP contribution is -2.25. The summed E-state index contributed by atoms with van der Waals surface area (Å²) >= 11 is 0. The van der Waals surface area contributed by atoms with Gasteiger partial charge >= 0.3 is 0 Å². The molecule has 0 spiro atoms. The number of hydrogen-bond acceptors (Lipinski definition) is 1. The number of hydrogen-bond donors (Lipinski definition) is 0. The summed E-state index contributed by atoms with van der Waals surface area (Å²) < 4.78 is 24.9. The molecule has 0 saturated carbocycles. The van der Waals surface area contributed by atoms with Crippen LogP contribution in [0.4, 0.5) is 8.78 Å². The first-order valence-electron chi connectivity index (χ1n) is 3.35. The minimum absolute atomic E-state index is 0.000833. The quantitative estimate of drug-likeness (QED) is 0.535. The van der Waals surface area contributed by atoms with Crippen LogP contribution in [-0.4, -0.2) is 30.5 Å². The van der Waals surface area contributed by atoms with E-state index in [0.717, 1.165) is 0 Å². The van der Waals surface area contributed by atoms with Gasteiger partial charge in [0.1, 0.15) is 0 Å². The first-order chi connectivity index (χ1) is 4.64. The largest absolute Gasteiger partial charge is 0.294 e. The molecule has 0 aromatic carbocycles. The van der Waals surface area contributed by atoms with Gasteiger partial charge in [-0.1, -0.05) is 6.08 Å². The molecule has 1 aliphatic rings. The molecule has 1 rings (SSSR count). The van der Waals surface area contributed by atoms with Crippen molar-refractivity contribution in [1.82, 2.24) is 4.90 Å². The van der Waals surface area contributed by atoms with Gasteiger partial charge in [0.05, 0.1) is 6.54 Å². The topological polar surface area (TPSA) is 3.24 Å². The lowest BCUT2D eigenvalue weighted by Gasteiger charge is -2.11. The van der Waals surface area contributed by atoms with E-state index >= 15 is 0 Å². The Morgan fingerprint density at radius 1 is 1.60 bits per heavy atom. The van der Waals surface area contributed by atoms with Crippen LogP contribution in [0.2, 0.25) is 0 Å². The number of rotatable bonds is 2. The van der Waals surface area contributed by atoms with Crippen LogP contribution in [0, 0.1) is 0 Å². The smallest absolute Gasteiger partial charge is 0.261 e. The van der Waals surface area contributed by atoms with Crippen LogP contribution in [0.15, 0.2) is 12.7 Å². The summed E-state index contributed by atoms with van der Waals surface area (Å²) in [6, 6.07) is 0. The van der Waals surface area contributed by atoms with Crippen molar-refractivity contribution in [3.63, 3.8) is 0 Å². The molecule has 1 fully saturated rings. The van der Waals surface area contributed by atoms with Crippen LogP contribution in [0.1, 0.15) is 6.42 Å². The highest BCUT2D eigenvalue weighted by Crippen LogP contribution is 2.26. The van der Waals surface area contributed by atoms with Gasteiger partial charge < -0.3 is 0 Å². The van der Waals surface area contributed by atoms with Crippen molar-refractivity contribution >= 4 is 0 Å². The van der Waals surface area contributed by atoms with Crippen molar-refractivity contribution < 1.29 is 8.78 Å². The maximum absolute atomic E-state index is 12.4. The number of alkyl halides is 2. The number of likely N-dealkylation sites (tertiary alicyclic amines) is 1. The van der Waals surface area contributed by atoms with E-state index in [1.807, 2.05) is 0 Å². The third-order valence-electron chi connectivity index (χ3n) is 1.64. The molecule has 1 nitrogen and oxygen atoms in total. The minimum Gasteiger partial charge on any atom is -0.294 e. The van der Waals surface area contributed by atoms with E-state index in [1.54, 1.807) is 11.0 Å². The van der Waals surface area contributed by atoms with Crippen LogP contribution >= 0.6 is 0 Å². The molecule has 0 atom stereocenters. The Kier molecular flexibility index (Phi) is 2.04. The normalized spacial score (nSPS) is 25.0. The average molecular weight is 147 g/mol. The van der Waals surface area contributed by atoms with E-state index in [0.29, 0.717) is 13.1 Å². The lowest BCUT2D eigenvalue weighted by atomic mass is 10.3. The molecule has 0 N–H and O–H groups in total. The predicted molar refractivity (Wildman–Crippen MR) is 36.2 cm³/mol. The maximum atomic E-state index is 12.4. The lowest BCUT2D eigenvalue weighted by molar-refractivity contribution is 0.0133. The molecule has 0 aliphatic carbocycles. The molecule has 1 saturated heterocycles. The molecular formula is C7H11F2N. The van der Waals surface area contributed by atoms with Gasteiger partial charge in [0.25, 0.3) is 5.92 Å². The fourth-order valence-corrected chi connectivity index (χ4v) is 1.15. The van der Waals surface area contributed by atoms with Crippen molar-refractivity contribution in [3.05, 3.63) is 12.7 Å². The maximum Gasteiger partial charge on any atom is 0.261 e. The predicted octanol–water partition coefficient (Wildman–Crippen LogP) is 1.51. The zero-order valence-electron chi connectivity index (χ0n) is 5.82. The molecule has 0 amide bonds. The monoisotopic (exact) mass is 147 g/mol. The van der Waals surface area contributed by atoms with Gasteiger partial charge in [-0.2, -0.15) is 0 Å². The highest BCUT2D eigenvalue weighted by atomic mass is 19.3. The molecule has 58 valence electrons. The molecule has 0 unspecified atom stereocenters. The summed E-state index contributed by atoms with van der Waals surface area (Å²) in [5.41, 5.74) is 0. The Morgan fingerprint density at radius 3 is 2.70 bits per heavy atom. The Labute approximate surface area is 59.3 Å². The van der Waals surface area contributed by atoms with E-state index < -0.39 is 5.92 Å². The van der Waals surface area contributed by atoms with Gasteiger partial charge in [-0.15, -0.1) is 6.58 Å². The zero-order valence-corrected chi connectivity index (χ0v) is 5.82. The summed E-state index contributed by atoms with van der Waals surface area (Å²) in [5, 5.41) is 0. The van der Waals surface area contributed by atoms with Gasteiger partial charge in [0.15, 0.2) is 0 Å². The molecular weight excluding hydrogens is 136 g/mol. The molecule has 0 aromatic rings. The summed E-state index contributed by atoms with van der Waals surface area (Å²) in [4.78, 5) is 1.70. The van der Waals surface area contributed by atoms with Crippen molar-refractivity contribution in [2.45, 2.75) is 12.3 Å². The molecule has 0 aromatic heterocycles. The van der Waals surface area contributed by atoms with Crippen LogP contribution < -0.4 is 0 Å². The number of nitrogens with zero attached hydrogens (tertiary/aromatic N) is 1. The molecule has 0 bridgehead atoms. The molecule has 3 heteroatoms. The van der Waals surface area contributed by atoms with Crippen LogP contribution in [0.25, 0.3) is 0 Å². The van der Waals surface area contributed by atoms with Crippen LogP contribution in [0.3, 0.4) is 0 Å². The third-order valence-corrected chi connectivity index (χ3v) is 1.64. The van der Waals surface area contributed by atoms with Gasteiger partial charge in [-0.3, -0.25) is 4.90 Å². The van der Waals surface area contributed by atoms with E-state index in [1.165, 1.54) is 0 Å². The fraction of sp³-hybridized carbons (Fsp3) is 0.714. The van der Waals surface area contributed by atoms with E-state index in [2.05, 4.69) is 6.58 Å². The number of halogens is 2. The highest BCUT2D eigenvalue weighted by molar-refractivity contribution is 4.85. The zero-order chi connectivity index (χ0) is 7.61. The van der Waals surface area contributed by atoms with E-state index in [4.69, 9.17) is 0 Å². The van der Waals surface area contributed by atoms with Crippen LogP contribution in [-0.2, 0) is 0 Å². The summed E-state index contributed by atoms with van der Waals surface area (Å²) in [6.45, 7) is 4.47. The van der Waals surface area contributed by atoms with E-state index in [-0.39, 0.29) is 13.0 Å². The van der Waals surface area contributed by atoms with Gasteiger partial charge in [-0.05, 0) is 0 Å². The van der Waals surface area contributed by atoms with Gasteiger partial charge in [-0.25, -0.2) is 8.78 Å². The third kappa shape index (κ3) is 1.77. The second kappa shape index (κ2) is 2.66. The summed E-state index contributed by atoms with van der Waals surface area (Å²) in [6.07, 6.45) is 1.66. The molecule has 0 radical (unpaired) electrons.